The van der Waals surface area contributed by atoms with Gasteiger partial charge in [-0.05, 0) is 38.6 Å². The molecule has 0 bridgehead atoms. The predicted octanol–water partition coefficient (Wildman–Crippen LogP) is 0.814. The van der Waals surface area contributed by atoms with E-state index in [2.05, 4.69) is 10.6 Å². The Morgan fingerprint density at radius 1 is 1.38 bits per heavy atom. The van der Waals surface area contributed by atoms with Crippen molar-refractivity contribution in [2.24, 2.45) is 0 Å². The Labute approximate surface area is 97.1 Å². The van der Waals surface area contributed by atoms with E-state index in [1.807, 2.05) is 0 Å². The highest BCUT2D eigenvalue weighted by Crippen LogP contribution is 2.11. The summed E-state index contributed by atoms with van der Waals surface area (Å²) in [5, 5.41) is 6.46. The number of hydrogen-bond donors (Lipinski definition) is 2. The molecule has 2 fully saturated rings. The van der Waals surface area contributed by atoms with E-state index in [0.717, 1.165) is 32.4 Å². The molecule has 2 aliphatic heterocycles. The van der Waals surface area contributed by atoms with E-state index in [0.29, 0.717) is 19.1 Å². The Hall–Kier alpha value is -0.610. The van der Waals surface area contributed by atoms with Gasteiger partial charge >= 0.3 is 0 Å². The van der Waals surface area contributed by atoms with Gasteiger partial charge in [-0.15, -0.1) is 0 Å². The van der Waals surface area contributed by atoms with Crippen molar-refractivity contribution in [3.05, 3.63) is 0 Å². The van der Waals surface area contributed by atoms with Crippen molar-refractivity contribution >= 4 is 5.91 Å². The van der Waals surface area contributed by atoms with Crippen LogP contribution in [0.5, 0.6) is 0 Å². The molecule has 2 atom stereocenters. The second-order valence-corrected chi connectivity index (χ2v) is 4.81. The van der Waals surface area contributed by atoms with Gasteiger partial charge in [0.2, 0.25) is 5.91 Å². The first-order valence-electron chi connectivity index (χ1n) is 6.45. The average Bonchev–Trinajstić information content (AvgIpc) is 2.81. The minimum absolute atomic E-state index is 0.184. The fourth-order valence-corrected chi connectivity index (χ4v) is 2.46. The van der Waals surface area contributed by atoms with Gasteiger partial charge in [-0.3, -0.25) is 4.79 Å². The molecule has 0 saturated carbocycles. The van der Waals surface area contributed by atoms with Crippen molar-refractivity contribution in [1.82, 2.24) is 10.6 Å². The molecule has 0 aromatic heterocycles. The zero-order valence-electron chi connectivity index (χ0n) is 9.84. The lowest BCUT2D eigenvalue weighted by Gasteiger charge is -2.23. The molecule has 0 aromatic rings. The molecule has 2 rings (SSSR count). The van der Waals surface area contributed by atoms with Gasteiger partial charge in [0.05, 0.1) is 12.6 Å². The van der Waals surface area contributed by atoms with Crippen molar-refractivity contribution in [3.8, 4) is 0 Å². The smallest absolute Gasteiger partial charge is 0.220 e. The van der Waals surface area contributed by atoms with Crippen LogP contribution in [0.1, 0.15) is 38.5 Å². The van der Waals surface area contributed by atoms with Crippen LogP contribution in [0.2, 0.25) is 0 Å². The summed E-state index contributed by atoms with van der Waals surface area (Å²) < 4.78 is 5.33. The summed E-state index contributed by atoms with van der Waals surface area (Å²) in [5.41, 5.74) is 0. The molecule has 1 amide bonds. The van der Waals surface area contributed by atoms with E-state index in [1.54, 1.807) is 0 Å². The maximum Gasteiger partial charge on any atom is 0.220 e. The zero-order chi connectivity index (χ0) is 11.2. The maximum absolute atomic E-state index is 11.7. The summed E-state index contributed by atoms with van der Waals surface area (Å²) in [6.07, 6.45) is 6.22. The molecule has 2 aliphatic rings. The van der Waals surface area contributed by atoms with Gasteiger partial charge in [-0.25, -0.2) is 0 Å². The molecule has 2 N–H and O–H groups in total. The molecule has 4 heteroatoms. The highest BCUT2D eigenvalue weighted by atomic mass is 16.5. The quantitative estimate of drug-likeness (QED) is 0.746. The van der Waals surface area contributed by atoms with Crippen LogP contribution in [0, 0.1) is 0 Å². The monoisotopic (exact) mass is 226 g/mol. The van der Waals surface area contributed by atoms with Crippen molar-refractivity contribution in [2.75, 3.05) is 19.8 Å². The molecular weight excluding hydrogens is 204 g/mol. The van der Waals surface area contributed by atoms with Gasteiger partial charge in [-0.1, -0.05) is 0 Å². The fourth-order valence-electron chi connectivity index (χ4n) is 2.46. The number of ether oxygens (including phenoxy) is 1. The minimum Gasteiger partial charge on any atom is -0.379 e. The molecule has 0 spiro atoms. The van der Waals surface area contributed by atoms with Gasteiger partial charge in [0, 0.05) is 19.1 Å². The molecule has 2 saturated heterocycles. The predicted molar refractivity (Wildman–Crippen MR) is 62.2 cm³/mol. The highest BCUT2D eigenvalue weighted by molar-refractivity contribution is 5.76. The Balaban J connectivity index is 1.59. The molecule has 16 heavy (non-hydrogen) atoms. The normalized spacial score (nSPS) is 30.2. The SMILES string of the molecule is O=C(CCC1CCCN1)NC1CCCOC1. The van der Waals surface area contributed by atoms with Crippen LogP contribution in [-0.2, 0) is 9.53 Å². The van der Waals surface area contributed by atoms with Crippen molar-refractivity contribution in [3.63, 3.8) is 0 Å². The average molecular weight is 226 g/mol. The van der Waals surface area contributed by atoms with Crippen molar-refractivity contribution in [2.45, 2.75) is 50.6 Å². The molecule has 0 radical (unpaired) electrons. The number of rotatable bonds is 4. The zero-order valence-corrected chi connectivity index (χ0v) is 9.84. The second kappa shape index (κ2) is 6.21. The van der Waals surface area contributed by atoms with Gasteiger partial charge in [0.25, 0.3) is 0 Å². The molecule has 92 valence electrons. The second-order valence-electron chi connectivity index (χ2n) is 4.81. The van der Waals surface area contributed by atoms with E-state index in [1.165, 1.54) is 12.8 Å². The number of amides is 1. The third-order valence-electron chi connectivity index (χ3n) is 3.41. The minimum atomic E-state index is 0.184. The number of carbonyl (C=O) groups excluding carboxylic acids is 1. The number of nitrogens with one attached hydrogen (secondary N) is 2. The number of hydrogen-bond acceptors (Lipinski definition) is 3. The largest absolute Gasteiger partial charge is 0.379 e. The van der Waals surface area contributed by atoms with Crippen LogP contribution < -0.4 is 10.6 Å². The summed E-state index contributed by atoms with van der Waals surface area (Å²) in [5.74, 6) is 0.184. The summed E-state index contributed by atoms with van der Waals surface area (Å²) in [4.78, 5) is 11.7. The Morgan fingerprint density at radius 2 is 2.31 bits per heavy atom. The van der Waals surface area contributed by atoms with Gasteiger partial charge in [0.15, 0.2) is 0 Å². The summed E-state index contributed by atoms with van der Waals surface area (Å²) in [6, 6.07) is 0.811. The van der Waals surface area contributed by atoms with E-state index in [9.17, 15) is 4.79 Å². The third-order valence-corrected chi connectivity index (χ3v) is 3.41. The van der Waals surface area contributed by atoms with Crippen molar-refractivity contribution in [1.29, 1.82) is 0 Å². The number of carbonyl (C=O) groups is 1. The molecule has 2 heterocycles. The van der Waals surface area contributed by atoms with Gasteiger partial charge in [0.1, 0.15) is 0 Å². The lowest BCUT2D eigenvalue weighted by molar-refractivity contribution is -0.122. The van der Waals surface area contributed by atoms with Gasteiger partial charge < -0.3 is 15.4 Å². The van der Waals surface area contributed by atoms with Crippen LogP contribution in [-0.4, -0.2) is 37.7 Å². The lowest BCUT2D eigenvalue weighted by atomic mass is 10.1. The molecule has 4 nitrogen and oxygen atoms in total. The van der Waals surface area contributed by atoms with Crippen molar-refractivity contribution < 1.29 is 9.53 Å². The fraction of sp³-hybridized carbons (Fsp3) is 0.917. The van der Waals surface area contributed by atoms with E-state index in [-0.39, 0.29) is 11.9 Å². The summed E-state index contributed by atoms with van der Waals surface area (Å²) in [6.45, 7) is 2.65. The molecule has 2 unspecified atom stereocenters. The van der Waals surface area contributed by atoms with E-state index >= 15 is 0 Å². The first-order valence-corrected chi connectivity index (χ1v) is 6.45. The topological polar surface area (TPSA) is 50.4 Å². The van der Waals surface area contributed by atoms with Crippen LogP contribution in [0.15, 0.2) is 0 Å². The van der Waals surface area contributed by atoms with Gasteiger partial charge in [-0.2, -0.15) is 0 Å². The maximum atomic E-state index is 11.7. The Kier molecular flexibility index (Phi) is 4.60. The molecule has 0 aliphatic carbocycles. The first kappa shape index (κ1) is 11.9. The standard InChI is InChI=1S/C12H22N2O2/c15-12(6-5-10-3-1-7-13-10)14-11-4-2-8-16-9-11/h10-11,13H,1-9H2,(H,14,15). The molecular formula is C12H22N2O2. The van der Waals surface area contributed by atoms with Crippen LogP contribution in [0.25, 0.3) is 0 Å². The first-order chi connectivity index (χ1) is 7.84. The highest BCUT2D eigenvalue weighted by Gasteiger charge is 2.18. The van der Waals surface area contributed by atoms with E-state index < -0.39 is 0 Å². The Morgan fingerprint density at radius 3 is 3.00 bits per heavy atom. The van der Waals surface area contributed by atoms with Crippen LogP contribution in [0.4, 0.5) is 0 Å². The molecule has 0 aromatic carbocycles. The lowest BCUT2D eigenvalue weighted by Crippen LogP contribution is -2.41. The van der Waals surface area contributed by atoms with E-state index in [4.69, 9.17) is 4.74 Å². The third kappa shape index (κ3) is 3.76. The summed E-state index contributed by atoms with van der Waals surface area (Å²) in [7, 11) is 0. The van der Waals surface area contributed by atoms with Crippen LogP contribution in [0.3, 0.4) is 0 Å². The van der Waals surface area contributed by atoms with Crippen LogP contribution >= 0.6 is 0 Å². The summed E-state index contributed by atoms with van der Waals surface area (Å²) >= 11 is 0. The Bertz CT molecular complexity index is 221.